The molecule has 0 saturated carbocycles. The Hall–Kier alpha value is -3.07. The zero-order valence-corrected chi connectivity index (χ0v) is 13.4. The van der Waals surface area contributed by atoms with Crippen molar-refractivity contribution in [3.8, 4) is 0 Å². The minimum Gasteiger partial charge on any atom is -0.384 e. The molecule has 3 heteroatoms. The zero-order valence-electron chi connectivity index (χ0n) is 13.4. The lowest BCUT2D eigenvalue weighted by molar-refractivity contribution is 1.11. The van der Waals surface area contributed by atoms with Crippen LogP contribution >= 0.6 is 0 Å². The molecule has 0 saturated heterocycles. The molecule has 118 valence electrons. The largest absolute Gasteiger partial charge is 0.384 e. The van der Waals surface area contributed by atoms with Gasteiger partial charge in [-0.2, -0.15) is 5.10 Å². The van der Waals surface area contributed by atoms with E-state index in [2.05, 4.69) is 70.5 Å². The zero-order chi connectivity index (χ0) is 16.2. The number of nitrogens with zero attached hydrogens (tertiary/aromatic N) is 1. The predicted molar refractivity (Wildman–Crippen MR) is 104 cm³/mol. The van der Waals surface area contributed by atoms with Crippen molar-refractivity contribution in [3.63, 3.8) is 0 Å². The topological polar surface area (TPSA) is 36.4 Å². The number of fused-ring (bicyclic) bond motifs is 4. The summed E-state index contributed by atoms with van der Waals surface area (Å²) in [6.45, 7) is 1.11. The van der Waals surface area contributed by atoms with Crippen molar-refractivity contribution < 1.29 is 0 Å². The molecular weight excluding hydrogens is 294 g/mol. The van der Waals surface area contributed by atoms with Crippen molar-refractivity contribution in [1.29, 1.82) is 0 Å². The van der Waals surface area contributed by atoms with Crippen LogP contribution in [0.2, 0.25) is 0 Å². The van der Waals surface area contributed by atoms with Gasteiger partial charge in [0.05, 0.1) is 5.69 Å². The molecule has 2 aliphatic heterocycles. The summed E-state index contributed by atoms with van der Waals surface area (Å²) in [6, 6.07) is 21.0. The SMILES string of the molecule is C1=Cc2ccc3ccccc3c2NN=C1.c1ccc2c(c1)CCN2. The summed E-state index contributed by atoms with van der Waals surface area (Å²) in [5, 5.41) is 9.84. The maximum atomic E-state index is 4.10. The minimum atomic E-state index is 1.08. The summed E-state index contributed by atoms with van der Waals surface area (Å²) in [5.74, 6) is 0. The lowest BCUT2D eigenvalue weighted by Crippen LogP contribution is -1.91. The fourth-order valence-corrected chi connectivity index (χ4v) is 3.09. The number of hydrogen-bond acceptors (Lipinski definition) is 3. The molecule has 0 amide bonds. The first-order valence-electron chi connectivity index (χ1n) is 8.21. The highest BCUT2D eigenvalue weighted by Gasteiger charge is 2.06. The molecule has 0 aromatic heterocycles. The van der Waals surface area contributed by atoms with Gasteiger partial charge in [-0.1, -0.05) is 60.7 Å². The molecular formula is C21H19N3. The summed E-state index contributed by atoms with van der Waals surface area (Å²) in [6.07, 6.45) is 6.95. The number of rotatable bonds is 0. The van der Waals surface area contributed by atoms with Crippen LogP contribution in [0.25, 0.3) is 16.8 Å². The highest BCUT2D eigenvalue weighted by atomic mass is 15.3. The van der Waals surface area contributed by atoms with E-state index in [1.807, 2.05) is 18.2 Å². The molecule has 3 aromatic rings. The highest BCUT2D eigenvalue weighted by molar-refractivity contribution is 6.00. The summed E-state index contributed by atoms with van der Waals surface area (Å²) < 4.78 is 0. The second kappa shape index (κ2) is 6.59. The molecule has 0 aliphatic carbocycles. The normalized spacial score (nSPS) is 13.8. The van der Waals surface area contributed by atoms with Crippen molar-refractivity contribution in [3.05, 3.63) is 77.9 Å². The second-order valence-corrected chi connectivity index (χ2v) is 5.83. The van der Waals surface area contributed by atoms with E-state index in [0.717, 1.165) is 12.2 Å². The van der Waals surface area contributed by atoms with Gasteiger partial charge in [0, 0.05) is 29.4 Å². The monoisotopic (exact) mass is 313 g/mol. The molecule has 0 spiro atoms. The Kier molecular flexibility index (Phi) is 3.98. The van der Waals surface area contributed by atoms with E-state index in [9.17, 15) is 0 Å². The van der Waals surface area contributed by atoms with Crippen LogP contribution in [0.1, 0.15) is 11.1 Å². The van der Waals surface area contributed by atoms with Gasteiger partial charge in [0.15, 0.2) is 0 Å². The van der Waals surface area contributed by atoms with Gasteiger partial charge in [0.2, 0.25) is 0 Å². The third kappa shape index (κ3) is 2.88. The Balaban J connectivity index is 0.000000138. The molecule has 0 unspecified atom stereocenters. The third-order valence-electron chi connectivity index (χ3n) is 4.30. The molecule has 0 fully saturated rings. The van der Waals surface area contributed by atoms with Gasteiger partial charge in [-0.3, -0.25) is 5.43 Å². The molecule has 2 N–H and O–H groups in total. The Morgan fingerprint density at radius 3 is 2.71 bits per heavy atom. The quantitative estimate of drug-likeness (QED) is 0.618. The van der Waals surface area contributed by atoms with Gasteiger partial charge in [-0.05, 0) is 29.5 Å². The first kappa shape index (κ1) is 14.5. The molecule has 2 aliphatic rings. The first-order valence-corrected chi connectivity index (χ1v) is 8.21. The molecule has 0 radical (unpaired) electrons. The second-order valence-electron chi connectivity index (χ2n) is 5.83. The lowest BCUT2D eigenvalue weighted by Gasteiger charge is -2.08. The van der Waals surface area contributed by atoms with Crippen molar-refractivity contribution >= 4 is 34.4 Å². The van der Waals surface area contributed by atoms with Gasteiger partial charge >= 0.3 is 0 Å². The maximum absolute atomic E-state index is 4.10. The van der Waals surface area contributed by atoms with E-state index >= 15 is 0 Å². The predicted octanol–water partition coefficient (Wildman–Crippen LogP) is 4.92. The molecule has 2 heterocycles. The van der Waals surface area contributed by atoms with Crippen LogP contribution in [0.15, 0.2) is 71.8 Å². The van der Waals surface area contributed by atoms with Crippen LogP contribution in [0.3, 0.4) is 0 Å². The molecule has 0 atom stereocenters. The molecule has 3 aromatic carbocycles. The third-order valence-corrected chi connectivity index (χ3v) is 4.30. The lowest BCUT2D eigenvalue weighted by atomic mass is 10.0. The van der Waals surface area contributed by atoms with Crippen LogP contribution in [0.4, 0.5) is 11.4 Å². The number of para-hydroxylation sites is 1. The van der Waals surface area contributed by atoms with Gasteiger partial charge in [0.25, 0.3) is 0 Å². The van der Waals surface area contributed by atoms with Gasteiger partial charge in [-0.15, -0.1) is 0 Å². The summed E-state index contributed by atoms with van der Waals surface area (Å²) in [5.41, 5.74) is 8.10. The van der Waals surface area contributed by atoms with Crippen molar-refractivity contribution in [2.45, 2.75) is 6.42 Å². The standard InChI is InChI=1S/C13H10N2.C8H9N/c1-2-6-12-10(4-1)7-8-11-5-3-9-14-15-13(11)12;1-2-4-8-7(3-1)5-6-9-8/h1-9,15H;1-4,9H,5-6H2. The minimum absolute atomic E-state index is 1.08. The number of allylic oxidation sites excluding steroid dienone is 1. The van der Waals surface area contributed by atoms with E-state index < -0.39 is 0 Å². The summed E-state index contributed by atoms with van der Waals surface area (Å²) in [7, 11) is 0. The molecule has 0 bridgehead atoms. The Morgan fingerprint density at radius 1 is 0.875 bits per heavy atom. The van der Waals surface area contributed by atoms with E-state index in [0.29, 0.717) is 0 Å². The Morgan fingerprint density at radius 2 is 1.75 bits per heavy atom. The maximum Gasteiger partial charge on any atom is 0.0712 e. The highest BCUT2D eigenvalue weighted by Crippen LogP contribution is 2.29. The fraction of sp³-hybridized carbons (Fsp3) is 0.0952. The molecule has 5 rings (SSSR count). The van der Waals surface area contributed by atoms with E-state index in [-0.39, 0.29) is 0 Å². The van der Waals surface area contributed by atoms with E-state index in [1.165, 1.54) is 34.0 Å². The molecule has 3 nitrogen and oxygen atoms in total. The Labute approximate surface area is 141 Å². The first-order chi connectivity index (χ1) is 11.9. The molecule has 24 heavy (non-hydrogen) atoms. The number of hydrazone groups is 1. The van der Waals surface area contributed by atoms with Crippen LogP contribution < -0.4 is 10.7 Å². The van der Waals surface area contributed by atoms with Crippen molar-refractivity contribution in [2.24, 2.45) is 5.10 Å². The van der Waals surface area contributed by atoms with Crippen LogP contribution in [0, 0.1) is 0 Å². The van der Waals surface area contributed by atoms with Crippen molar-refractivity contribution in [1.82, 2.24) is 0 Å². The van der Waals surface area contributed by atoms with Crippen molar-refractivity contribution in [2.75, 3.05) is 17.3 Å². The Bertz CT molecular complexity index is 902. The number of hydrogen-bond donors (Lipinski definition) is 2. The van der Waals surface area contributed by atoms with Gasteiger partial charge < -0.3 is 5.32 Å². The number of anilines is 2. The summed E-state index contributed by atoms with van der Waals surface area (Å²) in [4.78, 5) is 0. The number of nitrogens with one attached hydrogen (secondary N) is 2. The average Bonchev–Trinajstić information content (AvgIpc) is 2.98. The fourth-order valence-electron chi connectivity index (χ4n) is 3.09. The smallest absolute Gasteiger partial charge is 0.0712 e. The van der Waals surface area contributed by atoms with Gasteiger partial charge in [-0.25, -0.2) is 0 Å². The van der Waals surface area contributed by atoms with E-state index in [1.54, 1.807) is 6.21 Å². The van der Waals surface area contributed by atoms with E-state index in [4.69, 9.17) is 0 Å². The van der Waals surface area contributed by atoms with Gasteiger partial charge in [0.1, 0.15) is 0 Å². The van der Waals surface area contributed by atoms with Crippen LogP contribution in [0.5, 0.6) is 0 Å². The van der Waals surface area contributed by atoms with Crippen LogP contribution in [-0.2, 0) is 6.42 Å². The number of benzene rings is 3. The summed E-state index contributed by atoms with van der Waals surface area (Å²) >= 11 is 0. The van der Waals surface area contributed by atoms with Crippen LogP contribution in [-0.4, -0.2) is 12.8 Å². The average molecular weight is 313 g/mol.